The number of aryl methyl sites for hydroxylation is 1. The molecule has 0 spiro atoms. The lowest BCUT2D eigenvalue weighted by Crippen LogP contribution is -2.17. The van der Waals surface area contributed by atoms with Crippen molar-refractivity contribution in [3.05, 3.63) is 61.2 Å². The predicted molar refractivity (Wildman–Crippen MR) is 137 cm³/mol. The quantitative estimate of drug-likeness (QED) is 0.296. The minimum absolute atomic E-state index is 0.124. The number of nitrogens with one attached hydrogen (secondary N) is 2. The number of aromatic nitrogens is 6. The van der Waals surface area contributed by atoms with Crippen LogP contribution in [0.25, 0.3) is 11.3 Å². The second kappa shape index (κ2) is 10.6. The third kappa shape index (κ3) is 5.63. The Morgan fingerprint density at radius 1 is 1.14 bits per heavy atom. The zero-order chi connectivity index (χ0) is 24.0. The second-order valence-corrected chi connectivity index (χ2v) is 9.51. The van der Waals surface area contributed by atoms with Gasteiger partial charge in [-0.25, -0.2) is 9.97 Å². The predicted octanol–water partition coefficient (Wildman–Crippen LogP) is 5.58. The van der Waals surface area contributed by atoms with E-state index in [-0.39, 0.29) is 6.04 Å². The van der Waals surface area contributed by atoms with Crippen LogP contribution in [-0.2, 0) is 7.05 Å². The van der Waals surface area contributed by atoms with Crippen molar-refractivity contribution >= 4 is 29.3 Å². The third-order valence-corrected chi connectivity index (χ3v) is 7.01. The molecule has 0 aliphatic heterocycles. The van der Waals surface area contributed by atoms with E-state index in [2.05, 4.69) is 36.3 Å². The zero-order valence-electron chi connectivity index (χ0n) is 19.5. The van der Waals surface area contributed by atoms with Crippen molar-refractivity contribution in [1.29, 1.82) is 5.26 Å². The van der Waals surface area contributed by atoms with Gasteiger partial charge in [0.15, 0.2) is 0 Å². The standard InChI is InChI=1S/C25H27N9S/c1-33-15-12-24(31-33)35-32-21-8-6-20(7-9-21)29-25-27-14-11-22(30-25)19-16-28-34(17-19)23(10-13-26)18-4-2-3-5-18/h6-9,11-12,14-18,23,32H,2-5,10H2,1H3,(H,27,29,30). The van der Waals surface area contributed by atoms with Gasteiger partial charge in [0.25, 0.3) is 0 Å². The number of nitriles is 1. The van der Waals surface area contributed by atoms with Gasteiger partial charge in [-0.1, -0.05) is 12.8 Å². The number of anilines is 3. The molecule has 0 saturated heterocycles. The van der Waals surface area contributed by atoms with Crippen molar-refractivity contribution in [2.45, 2.75) is 43.2 Å². The normalized spacial score (nSPS) is 14.5. The molecule has 5 rings (SSSR count). The lowest BCUT2D eigenvalue weighted by Gasteiger charge is -2.21. The molecule has 1 aromatic carbocycles. The van der Waals surface area contributed by atoms with Crippen LogP contribution in [0.15, 0.2) is 66.2 Å². The summed E-state index contributed by atoms with van der Waals surface area (Å²) >= 11 is 1.47. The van der Waals surface area contributed by atoms with Crippen LogP contribution in [-0.4, -0.2) is 29.5 Å². The molecule has 1 atom stereocenters. The van der Waals surface area contributed by atoms with Crippen LogP contribution >= 0.6 is 11.9 Å². The first-order valence-electron chi connectivity index (χ1n) is 11.7. The molecule has 1 fully saturated rings. The van der Waals surface area contributed by atoms with E-state index in [1.54, 1.807) is 10.9 Å². The SMILES string of the molecule is Cn1ccc(SNc2ccc(Nc3nccc(-c4cnn(C(CC#N)C5CCCC5)c4)n3)cc2)n1. The molecule has 10 heteroatoms. The highest BCUT2D eigenvalue weighted by atomic mass is 32.2. The number of benzene rings is 1. The van der Waals surface area contributed by atoms with Gasteiger partial charge in [-0.15, -0.1) is 0 Å². The van der Waals surface area contributed by atoms with Crippen molar-refractivity contribution in [2.24, 2.45) is 13.0 Å². The molecule has 1 aliphatic rings. The van der Waals surface area contributed by atoms with E-state index in [1.807, 2.05) is 66.7 Å². The molecule has 0 amide bonds. The van der Waals surface area contributed by atoms with Gasteiger partial charge in [0.05, 0.1) is 30.4 Å². The van der Waals surface area contributed by atoms with Crippen molar-refractivity contribution in [2.75, 3.05) is 10.0 Å². The zero-order valence-corrected chi connectivity index (χ0v) is 20.3. The summed E-state index contributed by atoms with van der Waals surface area (Å²) in [5, 5.41) is 22.4. The fourth-order valence-electron chi connectivity index (χ4n) is 4.45. The molecule has 1 unspecified atom stereocenters. The van der Waals surface area contributed by atoms with E-state index < -0.39 is 0 Å². The van der Waals surface area contributed by atoms with Gasteiger partial charge in [0.2, 0.25) is 5.95 Å². The number of nitrogens with zero attached hydrogens (tertiary/aromatic N) is 7. The summed E-state index contributed by atoms with van der Waals surface area (Å²) in [6.45, 7) is 0. The third-order valence-electron chi connectivity index (χ3n) is 6.24. The maximum atomic E-state index is 9.33. The topological polar surface area (TPSA) is 109 Å². The van der Waals surface area contributed by atoms with E-state index >= 15 is 0 Å². The van der Waals surface area contributed by atoms with E-state index in [0.29, 0.717) is 18.3 Å². The maximum absolute atomic E-state index is 9.33. The van der Waals surface area contributed by atoms with E-state index in [4.69, 9.17) is 0 Å². The molecule has 2 N–H and O–H groups in total. The Morgan fingerprint density at radius 2 is 1.94 bits per heavy atom. The molecule has 4 aromatic rings. The molecule has 3 heterocycles. The van der Waals surface area contributed by atoms with Crippen LogP contribution in [0.4, 0.5) is 17.3 Å². The van der Waals surface area contributed by atoms with Crippen LogP contribution in [0.3, 0.4) is 0 Å². The lowest BCUT2D eigenvalue weighted by atomic mass is 9.96. The van der Waals surface area contributed by atoms with Crippen molar-refractivity contribution in [3.63, 3.8) is 0 Å². The molecular formula is C25H27N9S. The average molecular weight is 486 g/mol. The first-order valence-corrected chi connectivity index (χ1v) is 12.5. The molecule has 0 radical (unpaired) electrons. The monoisotopic (exact) mass is 485 g/mol. The number of hydrogen-bond acceptors (Lipinski definition) is 8. The van der Waals surface area contributed by atoms with Crippen LogP contribution < -0.4 is 10.0 Å². The minimum atomic E-state index is 0.124. The summed E-state index contributed by atoms with van der Waals surface area (Å²) in [4.78, 5) is 9.06. The summed E-state index contributed by atoms with van der Waals surface area (Å²) in [7, 11) is 1.90. The highest BCUT2D eigenvalue weighted by molar-refractivity contribution is 8.00. The van der Waals surface area contributed by atoms with Gasteiger partial charge in [0.1, 0.15) is 5.03 Å². The Bertz CT molecular complexity index is 1300. The van der Waals surface area contributed by atoms with Gasteiger partial charge < -0.3 is 10.0 Å². The van der Waals surface area contributed by atoms with E-state index in [9.17, 15) is 5.26 Å². The Morgan fingerprint density at radius 3 is 2.69 bits per heavy atom. The van der Waals surface area contributed by atoms with Crippen molar-refractivity contribution < 1.29 is 0 Å². The molecule has 35 heavy (non-hydrogen) atoms. The minimum Gasteiger partial charge on any atom is -0.324 e. The molecule has 0 bridgehead atoms. The fraction of sp³-hybridized carbons (Fsp3) is 0.320. The molecule has 1 aliphatic carbocycles. The molecule has 1 saturated carbocycles. The summed E-state index contributed by atoms with van der Waals surface area (Å²) < 4.78 is 7.02. The van der Waals surface area contributed by atoms with E-state index in [0.717, 1.165) is 27.7 Å². The lowest BCUT2D eigenvalue weighted by molar-refractivity contribution is 0.315. The van der Waals surface area contributed by atoms with E-state index in [1.165, 1.54) is 37.6 Å². The van der Waals surface area contributed by atoms with Gasteiger partial charge in [-0.3, -0.25) is 9.36 Å². The maximum Gasteiger partial charge on any atom is 0.227 e. The molecular weight excluding hydrogens is 458 g/mol. The Labute approximate surface area is 208 Å². The Hall–Kier alpha value is -3.84. The average Bonchev–Trinajstić information content (AvgIpc) is 3.65. The van der Waals surface area contributed by atoms with Crippen LogP contribution in [0.5, 0.6) is 0 Å². The smallest absolute Gasteiger partial charge is 0.227 e. The van der Waals surface area contributed by atoms with Crippen molar-refractivity contribution in [1.82, 2.24) is 29.5 Å². The van der Waals surface area contributed by atoms with Crippen LogP contribution in [0.2, 0.25) is 0 Å². The summed E-state index contributed by atoms with van der Waals surface area (Å²) in [6, 6.07) is 14.2. The summed E-state index contributed by atoms with van der Waals surface area (Å²) in [6.07, 6.45) is 12.8. The van der Waals surface area contributed by atoms with Gasteiger partial charge in [0, 0.05) is 54.5 Å². The second-order valence-electron chi connectivity index (χ2n) is 8.68. The van der Waals surface area contributed by atoms with Gasteiger partial charge >= 0.3 is 0 Å². The van der Waals surface area contributed by atoms with Crippen LogP contribution in [0.1, 0.15) is 38.1 Å². The van der Waals surface area contributed by atoms with Crippen molar-refractivity contribution in [3.8, 4) is 17.3 Å². The summed E-state index contributed by atoms with van der Waals surface area (Å²) in [5.41, 5.74) is 3.58. The first-order chi connectivity index (χ1) is 17.2. The number of rotatable bonds is 9. The summed E-state index contributed by atoms with van der Waals surface area (Å²) in [5.74, 6) is 1.04. The fourth-order valence-corrected chi connectivity index (χ4v) is 5.11. The molecule has 9 nitrogen and oxygen atoms in total. The first kappa shape index (κ1) is 22.9. The highest BCUT2D eigenvalue weighted by Gasteiger charge is 2.27. The molecule has 3 aromatic heterocycles. The Kier molecular flexibility index (Phi) is 6.95. The molecule has 178 valence electrons. The van der Waals surface area contributed by atoms with Crippen LogP contribution in [0, 0.1) is 17.2 Å². The van der Waals surface area contributed by atoms with Gasteiger partial charge in [-0.05, 0) is 55.2 Å². The Balaban J connectivity index is 1.24. The highest BCUT2D eigenvalue weighted by Crippen LogP contribution is 2.36. The van der Waals surface area contributed by atoms with Gasteiger partial charge in [-0.2, -0.15) is 15.5 Å². The number of hydrogen-bond donors (Lipinski definition) is 2. The largest absolute Gasteiger partial charge is 0.324 e.